The average molecular weight is 292 g/mol. The van der Waals surface area contributed by atoms with E-state index in [9.17, 15) is 9.59 Å². The number of ether oxygens (including phenoxy) is 1. The van der Waals surface area contributed by atoms with Gasteiger partial charge in [0, 0.05) is 18.8 Å². The van der Waals surface area contributed by atoms with E-state index in [1.807, 2.05) is 4.90 Å². The fraction of sp³-hybridized carbons (Fsp3) is 0.467. The number of carbonyl (C=O) groups is 2. The number of hydrogen-bond donors (Lipinski definition) is 2. The first kappa shape index (κ1) is 15.2. The van der Waals surface area contributed by atoms with E-state index < -0.39 is 5.97 Å². The van der Waals surface area contributed by atoms with E-state index in [1.165, 1.54) is 0 Å². The molecule has 0 saturated carbocycles. The Bertz CT molecular complexity index is 501. The van der Waals surface area contributed by atoms with Crippen LogP contribution in [-0.4, -0.2) is 41.7 Å². The number of hydrogen-bond acceptors (Lipinski definition) is 3. The number of likely N-dealkylation sites (tertiary alicyclic amines) is 1. The highest BCUT2D eigenvalue weighted by molar-refractivity contribution is 5.89. The largest absolute Gasteiger partial charge is 0.482 e. The number of nitrogens with zero attached hydrogens (tertiary/aromatic N) is 1. The predicted molar refractivity (Wildman–Crippen MR) is 78.6 cm³/mol. The zero-order chi connectivity index (χ0) is 15.2. The van der Waals surface area contributed by atoms with Crippen molar-refractivity contribution in [3.63, 3.8) is 0 Å². The summed E-state index contributed by atoms with van der Waals surface area (Å²) in [6.07, 6.45) is 2.16. The third kappa shape index (κ3) is 4.37. The standard InChI is InChI=1S/C15H20N2O4/c1-2-11-7-8-17(9-11)15(20)16-12-3-5-13(6-4-12)21-10-14(18)19/h3-6,11H,2,7-10H2,1H3,(H,16,20)(H,18,19). The van der Waals surface area contributed by atoms with E-state index in [-0.39, 0.29) is 12.6 Å². The Kier molecular flexibility index (Phi) is 5.03. The van der Waals surface area contributed by atoms with E-state index in [0.717, 1.165) is 25.9 Å². The first-order chi connectivity index (χ1) is 10.1. The van der Waals surface area contributed by atoms with Crippen molar-refractivity contribution in [2.75, 3.05) is 25.0 Å². The normalized spacial score (nSPS) is 17.6. The second-order valence-corrected chi connectivity index (χ2v) is 5.15. The van der Waals surface area contributed by atoms with Gasteiger partial charge in [-0.15, -0.1) is 0 Å². The number of anilines is 1. The minimum atomic E-state index is -1.02. The number of benzene rings is 1. The molecule has 1 aromatic rings. The lowest BCUT2D eigenvalue weighted by Crippen LogP contribution is -2.32. The van der Waals surface area contributed by atoms with Gasteiger partial charge in [-0.05, 0) is 36.6 Å². The van der Waals surface area contributed by atoms with E-state index in [2.05, 4.69) is 12.2 Å². The number of nitrogens with one attached hydrogen (secondary N) is 1. The summed E-state index contributed by atoms with van der Waals surface area (Å²) in [6, 6.07) is 6.57. The minimum absolute atomic E-state index is 0.0924. The molecule has 1 fully saturated rings. The van der Waals surface area contributed by atoms with Gasteiger partial charge in [-0.2, -0.15) is 0 Å². The van der Waals surface area contributed by atoms with Crippen molar-refractivity contribution in [3.05, 3.63) is 24.3 Å². The number of carboxylic acid groups (broad SMARTS) is 1. The maximum Gasteiger partial charge on any atom is 0.341 e. The molecule has 1 aromatic carbocycles. The Morgan fingerprint density at radius 2 is 2.10 bits per heavy atom. The van der Waals surface area contributed by atoms with Crippen LogP contribution in [0.2, 0.25) is 0 Å². The highest BCUT2D eigenvalue weighted by atomic mass is 16.5. The molecule has 2 N–H and O–H groups in total. The number of carboxylic acids is 1. The number of amides is 2. The summed E-state index contributed by atoms with van der Waals surface area (Å²) < 4.78 is 5.03. The number of aliphatic carboxylic acids is 1. The Morgan fingerprint density at radius 3 is 2.67 bits per heavy atom. The molecule has 1 aliphatic heterocycles. The van der Waals surface area contributed by atoms with Crippen LogP contribution in [0.4, 0.5) is 10.5 Å². The lowest BCUT2D eigenvalue weighted by molar-refractivity contribution is -0.139. The van der Waals surface area contributed by atoms with Gasteiger partial charge in [0.1, 0.15) is 5.75 Å². The van der Waals surface area contributed by atoms with Gasteiger partial charge >= 0.3 is 12.0 Å². The van der Waals surface area contributed by atoms with E-state index in [4.69, 9.17) is 9.84 Å². The van der Waals surface area contributed by atoms with Crippen molar-refractivity contribution >= 4 is 17.7 Å². The lowest BCUT2D eigenvalue weighted by Gasteiger charge is -2.17. The number of carbonyl (C=O) groups excluding carboxylic acids is 1. The Labute approximate surface area is 123 Å². The SMILES string of the molecule is CCC1CCN(C(=O)Nc2ccc(OCC(=O)O)cc2)C1. The Balaban J connectivity index is 1.85. The molecule has 6 heteroatoms. The van der Waals surface area contributed by atoms with Crippen LogP contribution < -0.4 is 10.1 Å². The molecule has 2 amide bonds. The Morgan fingerprint density at radius 1 is 1.38 bits per heavy atom. The average Bonchev–Trinajstić information content (AvgIpc) is 2.95. The topological polar surface area (TPSA) is 78.9 Å². The van der Waals surface area contributed by atoms with Crippen LogP contribution in [0.3, 0.4) is 0 Å². The molecule has 0 aromatic heterocycles. The molecule has 0 bridgehead atoms. The monoisotopic (exact) mass is 292 g/mol. The van der Waals surface area contributed by atoms with Crippen LogP contribution in [0.5, 0.6) is 5.75 Å². The molecule has 0 aliphatic carbocycles. The summed E-state index contributed by atoms with van der Waals surface area (Å²) in [5.41, 5.74) is 0.669. The van der Waals surface area contributed by atoms with Gasteiger partial charge in [0.05, 0.1) is 0 Å². The first-order valence-corrected chi connectivity index (χ1v) is 7.09. The smallest absolute Gasteiger partial charge is 0.341 e. The Hall–Kier alpha value is -2.24. The molecular weight excluding hydrogens is 272 g/mol. The van der Waals surface area contributed by atoms with Gasteiger partial charge in [-0.3, -0.25) is 0 Å². The van der Waals surface area contributed by atoms with E-state index in [0.29, 0.717) is 17.4 Å². The fourth-order valence-corrected chi connectivity index (χ4v) is 2.33. The van der Waals surface area contributed by atoms with E-state index in [1.54, 1.807) is 24.3 Å². The number of rotatable bonds is 5. The van der Waals surface area contributed by atoms with Gasteiger partial charge in [0.25, 0.3) is 0 Å². The van der Waals surface area contributed by atoms with Crippen LogP contribution in [0, 0.1) is 5.92 Å². The molecule has 1 saturated heterocycles. The van der Waals surface area contributed by atoms with E-state index >= 15 is 0 Å². The van der Waals surface area contributed by atoms with Crippen molar-refractivity contribution in [1.82, 2.24) is 4.90 Å². The van der Waals surface area contributed by atoms with Gasteiger partial charge in [0.15, 0.2) is 6.61 Å². The molecule has 0 spiro atoms. The molecule has 1 heterocycles. The van der Waals surface area contributed by atoms with Crippen LogP contribution in [-0.2, 0) is 4.79 Å². The van der Waals surface area contributed by atoms with Crippen LogP contribution in [0.1, 0.15) is 19.8 Å². The van der Waals surface area contributed by atoms with Crippen molar-refractivity contribution in [3.8, 4) is 5.75 Å². The van der Waals surface area contributed by atoms with Crippen LogP contribution in [0.25, 0.3) is 0 Å². The third-order valence-corrected chi connectivity index (χ3v) is 3.62. The quantitative estimate of drug-likeness (QED) is 0.873. The van der Waals surface area contributed by atoms with Crippen LogP contribution >= 0.6 is 0 Å². The zero-order valence-electron chi connectivity index (χ0n) is 12.0. The summed E-state index contributed by atoms with van der Waals surface area (Å²) in [5.74, 6) is 0.0389. The molecule has 6 nitrogen and oxygen atoms in total. The second-order valence-electron chi connectivity index (χ2n) is 5.15. The van der Waals surface area contributed by atoms with Crippen molar-refractivity contribution in [2.45, 2.75) is 19.8 Å². The van der Waals surface area contributed by atoms with Gasteiger partial charge in [0.2, 0.25) is 0 Å². The van der Waals surface area contributed by atoms with Crippen molar-refractivity contribution in [2.24, 2.45) is 5.92 Å². The molecule has 2 rings (SSSR count). The van der Waals surface area contributed by atoms with Crippen molar-refractivity contribution < 1.29 is 19.4 Å². The molecule has 0 radical (unpaired) electrons. The second kappa shape index (κ2) is 6.97. The maximum absolute atomic E-state index is 12.1. The molecule has 1 atom stereocenters. The summed E-state index contributed by atoms with van der Waals surface area (Å²) in [6.45, 7) is 3.37. The molecule has 1 aliphatic rings. The van der Waals surface area contributed by atoms with Gasteiger partial charge in [-0.1, -0.05) is 13.3 Å². The summed E-state index contributed by atoms with van der Waals surface area (Å²) in [4.78, 5) is 24.3. The highest BCUT2D eigenvalue weighted by Gasteiger charge is 2.24. The lowest BCUT2D eigenvalue weighted by atomic mass is 10.1. The van der Waals surface area contributed by atoms with Gasteiger partial charge in [-0.25, -0.2) is 9.59 Å². The maximum atomic E-state index is 12.1. The summed E-state index contributed by atoms with van der Waals surface area (Å²) in [7, 11) is 0. The number of urea groups is 1. The fourth-order valence-electron chi connectivity index (χ4n) is 2.33. The minimum Gasteiger partial charge on any atom is -0.482 e. The molecule has 1 unspecified atom stereocenters. The predicted octanol–water partition coefficient (Wildman–Crippen LogP) is 2.41. The van der Waals surface area contributed by atoms with Gasteiger partial charge < -0.3 is 20.1 Å². The van der Waals surface area contributed by atoms with Crippen molar-refractivity contribution in [1.29, 1.82) is 0 Å². The summed E-state index contributed by atoms with van der Waals surface area (Å²) in [5, 5.41) is 11.4. The molecular formula is C15H20N2O4. The third-order valence-electron chi connectivity index (χ3n) is 3.62. The highest BCUT2D eigenvalue weighted by Crippen LogP contribution is 2.21. The first-order valence-electron chi connectivity index (χ1n) is 7.09. The van der Waals surface area contributed by atoms with Crippen LogP contribution in [0.15, 0.2) is 24.3 Å². The molecule has 21 heavy (non-hydrogen) atoms. The zero-order valence-corrected chi connectivity index (χ0v) is 12.0. The molecule has 114 valence electrons. The summed E-state index contributed by atoms with van der Waals surface area (Å²) >= 11 is 0.